The topological polar surface area (TPSA) is 64.4 Å². The summed E-state index contributed by atoms with van der Waals surface area (Å²) in [6.07, 6.45) is 6.21. The first-order valence-electron chi connectivity index (χ1n) is 7.49. The highest BCUT2D eigenvalue weighted by Crippen LogP contribution is 2.30. The molecule has 1 aromatic rings. The van der Waals surface area contributed by atoms with E-state index in [-0.39, 0.29) is 5.91 Å². The fourth-order valence-electron chi connectivity index (χ4n) is 2.62. The van der Waals surface area contributed by atoms with E-state index in [1.54, 1.807) is 0 Å². The Bertz CT molecular complexity index is 474. The summed E-state index contributed by atoms with van der Waals surface area (Å²) in [6, 6.07) is 7.54. The molecule has 0 heterocycles. The van der Waals surface area contributed by atoms with Gasteiger partial charge in [-0.1, -0.05) is 12.8 Å². The molecule has 0 saturated heterocycles. The van der Waals surface area contributed by atoms with Crippen molar-refractivity contribution in [3.63, 3.8) is 0 Å². The van der Waals surface area contributed by atoms with Crippen molar-refractivity contribution in [1.82, 2.24) is 0 Å². The maximum absolute atomic E-state index is 12.2. The highest BCUT2D eigenvalue weighted by molar-refractivity contribution is 5.98. The molecule has 2 saturated carbocycles. The summed E-state index contributed by atoms with van der Waals surface area (Å²) in [5.74, 6) is 1.54. The predicted molar refractivity (Wildman–Crippen MR) is 78.7 cm³/mol. The Morgan fingerprint density at radius 2 is 1.90 bits per heavy atom. The van der Waals surface area contributed by atoms with Crippen molar-refractivity contribution >= 4 is 11.6 Å². The van der Waals surface area contributed by atoms with E-state index in [2.05, 4.69) is 5.32 Å². The SMILES string of the molecule is NC1(C(=O)Nc2ccc(OCC3CC3)cc2)CCCC1. The number of ether oxygens (including phenoxy) is 1. The van der Waals surface area contributed by atoms with Gasteiger partial charge in [0, 0.05) is 5.69 Å². The van der Waals surface area contributed by atoms with Crippen molar-refractivity contribution in [2.75, 3.05) is 11.9 Å². The maximum Gasteiger partial charge on any atom is 0.244 e. The molecule has 2 fully saturated rings. The highest BCUT2D eigenvalue weighted by atomic mass is 16.5. The fourth-order valence-corrected chi connectivity index (χ4v) is 2.62. The van der Waals surface area contributed by atoms with Gasteiger partial charge in [-0.25, -0.2) is 0 Å². The zero-order chi connectivity index (χ0) is 14.0. The number of carbonyl (C=O) groups is 1. The lowest BCUT2D eigenvalue weighted by Gasteiger charge is -2.22. The Morgan fingerprint density at radius 3 is 2.50 bits per heavy atom. The smallest absolute Gasteiger partial charge is 0.244 e. The van der Waals surface area contributed by atoms with Gasteiger partial charge in [0.15, 0.2) is 0 Å². The predicted octanol–water partition coefficient (Wildman–Crippen LogP) is 2.69. The lowest BCUT2D eigenvalue weighted by molar-refractivity contribution is -0.121. The number of nitrogens with two attached hydrogens (primary N) is 1. The van der Waals surface area contributed by atoms with Crippen molar-refractivity contribution in [3.05, 3.63) is 24.3 Å². The maximum atomic E-state index is 12.2. The van der Waals surface area contributed by atoms with Gasteiger partial charge in [0.05, 0.1) is 12.1 Å². The number of hydrogen-bond donors (Lipinski definition) is 2. The lowest BCUT2D eigenvalue weighted by Crippen LogP contribution is -2.48. The quantitative estimate of drug-likeness (QED) is 0.867. The molecule has 4 heteroatoms. The molecule has 0 unspecified atom stereocenters. The normalized spacial score (nSPS) is 20.6. The lowest BCUT2D eigenvalue weighted by atomic mass is 9.98. The first-order chi connectivity index (χ1) is 9.66. The number of rotatable bonds is 5. The van der Waals surface area contributed by atoms with Crippen LogP contribution in [0.5, 0.6) is 5.75 Å². The standard InChI is InChI=1S/C16H22N2O2/c17-16(9-1-2-10-16)15(19)18-13-5-7-14(8-6-13)20-11-12-3-4-12/h5-8,12H,1-4,9-11,17H2,(H,18,19). The third-order valence-corrected chi connectivity index (χ3v) is 4.24. The first-order valence-corrected chi connectivity index (χ1v) is 7.49. The van der Waals surface area contributed by atoms with Gasteiger partial charge >= 0.3 is 0 Å². The van der Waals surface area contributed by atoms with E-state index in [4.69, 9.17) is 10.5 Å². The van der Waals surface area contributed by atoms with Gasteiger partial charge < -0.3 is 15.8 Å². The van der Waals surface area contributed by atoms with Crippen molar-refractivity contribution < 1.29 is 9.53 Å². The molecule has 20 heavy (non-hydrogen) atoms. The van der Waals surface area contributed by atoms with Crippen LogP contribution in [0.1, 0.15) is 38.5 Å². The minimum atomic E-state index is -0.679. The number of anilines is 1. The average molecular weight is 274 g/mol. The van der Waals surface area contributed by atoms with Crippen LogP contribution in [0.15, 0.2) is 24.3 Å². The third-order valence-electron chi connectivity index (χ3n) is 4.24. The van der Waals surface area contributed by atoms with Crippen LogP contribution in [-0.4, -0.2) is 18.1 Å². The number of carbonyl (C=O) groups excluding carboxylic acids is 1. The van der Waals surface area contributed by atoms with Gasteiger partial charge in [0.2, 0.25) is 5.91 Å². The molecule has 1 aromatic carbocycles. The van der Waals surface area contributed by atoms with Crippen LogP contribution in [0, 0.1) is 5.92 Å². The Kier molecular flexibility index (Phi) is 3.66. The summed E-state index contributed by atoms with van der Waals surface area (Å²) in [5, 5.41) is 2.91. The van der Waals surface area contributed by atoms with Crippen LogP contribution in [0.3, 0.4) is 0 Å². The largest absolute Gasteiger partial charge is 0.493 e. The third kappa shape index (κ3) is 3.12. The van der Waals surface area contributed by atoms with Crippen LogP contribution >= 0.6 is 0 Å². The molecule has 2 aliphatic rings. The number of nitrogens with one attached hydrogen (secondary N) is 1. The van der Waals surface area contributed by atoms with E-state index < -0.39 is 5.54 Å². The Labute approximate surface area is 119 Å². The zero-order valence-electron chi connectivity index (χ0n) is 11.7. The number of hydrogen-bond acceptors (Lipinski definition) is 3. The van der Waals surface area contributed by atoms with Gasteiger partial charge in [-0.2, -0.15) is 0 Å². The molecular formula is C16H22N2O2. The van der Waals surface area contributed by atoms with Crippen LogP contribution < -0.4 is 15.8 Å². The van der Waals surface area contributed by atoms with Crippen LogP contribution in [0.25, 0.3) is 0 Å². The molecule has 0 aromatic heterocycles. The summed E-state index contributed by atoms with van der Waals surface area (Å²) in [7, 11) is 0. The zero-order valence-corrected chi connectivity index (χ0v) is 11.7. The second kappa shape index (κ2) is 5.44. The molecule has 4 nitrogen and oxygen atoms in total. The molecule has 0 atom stereocenters. The van der Waals surface area contributed by atoms with Gasteiger partial charge in [0.1, 0.15) is 5.75 Å². The van der Waals surface area contributed by atoms with E-state index in [1.165, 1.54) is 12.8 Å². The van der Waals surface area contributed by atoms with Crippen LogP contribution in [0.2, 0.25) is 0 Å². The monoisotopic (exact) mass is 274 g/mol. The molecule has 1 amide bonds. The second-order valence-corrected chi connectivity index (χ2v) is 6.10. The van der Waals surface area contributed by atoms with Crippen LogP contribution in [0.4, 0.5) is 5.69 Å². The van der Waals surface area contributed by atoms with Crippen molar-refractivity contribution in [1.29, 1.82) is 0 Å². The Hall–Kier alpha value is -1.55. The molecule has 0 radical (unpaired) electrons. The van der Waals surface area contributed by atoms with Gasteiger partial charge in [0.25, 0.3) is 0 Å². The van der Waals surface area contributed by atoms with E-state index in [9.17, 15) is 4.79 Å². The molecule has 108 valence electrons. The van der Waals surface area contributed by atoms with E-state index in [1.807, 2.05) is 24.3 Å². The van der Waals surface area contributed by atoms with E-state index >= 15 is 0 Å². The number of benzene rings is 1. The minimum absolute atomic E-state index is 0.0679. The molecular weight excluding hydrogens is 252 g/mol. The van der Waals surface area contributed by atoms with Gasteiger partial charge in [-0.3, -0.25) is 4.79 Å². The van der Waals surface area contributed by atoms with Crippen LogP contribution in [-0.2, 0) is 4.79 Å². The molecule has 2 aliphatic carbocycles. The van der Waals surface area contributed by atoms with Crippen molar-refractivity contribution in [2.45, 2.75) is 44.1 Å². The summed E-state index contributed by atoms with van der Waals surface area (Å²) in [4.78, 5) is 12.2. The van der Waals surface area contributed by atoms with Crippen molar-refractivity contribution in [3.8, 4) is 5.75 Å². The Balaban J connectivity index is 1.55. The fraction of sp³-hybridized carbons (Fsp3) is 0.562. The molecule has 0 spiro atoms. The molecule has 0 bridgehead atoms. The summed E-state index contributed by atoms with van der Waals surface area (Å²) < 4.78 is 5.67. The van der Waals surface area contributed by atoms with Gasteiger partial charge in [-0.15, -0.1) is 0 Å². The average Bonchev–Trinajstić information content (AvgIpc) is 3.18. The van der Waals surface area contributed by atoms with Gasteiger partial charge in [-0.05, 0) is 55.9 Å². The molecule has 0 aliphatic heterocycles. The highest BCUT2D eigenvalue weighted by Gasteiger charge is 2.36. The molecule has 3 N–H and O–H groups in total. The minimum Gasteiger partial charge on any atom is -0.493 e. The summed E-state index contributed by atoms with van der Waals surface area (Å²) in [6.45, 7) is 0.803. The Morgan fingerprint density at radius 1 is 1.25 bits per heavy atom. The van der Waals surface area contributed by atoms with Crippen molar-refractivity contribution in [2.24, 2.45) is 11.7 Å². The summed E-state index contributed by atoms with van der Waals surface area (Å²) in [5.41, 5.74) is 6.23. The first kappa shape index (κ1) is 13.4. The molecule has 3 rings (SSSR count). The van der Waals surface area contributed by atoms with E-state index in [0.717, 1.165) is 49.6 Å². The van der Waals surface area contributed by atoms with E-state index in [0.29, 0.717) is 0 Å². The second-order valence-electron chi connectivity index (χ2n) is 6.10. The number of amides is 1. The summed E-state index contributed by atoms with van der Waals surface area (Å²) >= 11 is 0.